The highest BCUT2D eigenvalue weighted by Gasteiger charge is 2.42. The lowest BCUT2D eigenvalue weighted by Gasteiger charge is -2.37. The van der Waals surface area contributed by atoms with Gasteiger partial charge in [-0.1, -0.05) is 0 Å². The summed E-state index contributed by atoms with van der Waals surface area (Å²) in [7, 11) is 0. The fourth-order valence-electron chi connectivity index (χ4n) is 3.19. The van der Waals surface area contributed by atoms with Gasteiger partial charge in [-0.05, 0) is 31.7 Å². The molecule has 2 atom stereocenters. The van der Waals surface area contributed by atoms with Crippen LogP contribution < -0.4 is 0 Å². The van der Waals surface area contributed by atoms with Crippen LogP contribution in [0.1, 0.15) is 31.4 Å². The number of fused-ring (bicyclic) bond motifs is 2. The van der Waals surface area contributed by atoms with Gasteiger partial charge in [-0.15, -0.1) is 0 Å². The van der Waals surface area contributed by atoms with Crippen LogP contribution in [0.25, 0.3) is 0 Å². The summed E-state index contributed by atoms with van der Waals surface area (Å²) in [4.78, 5) is 14.2. The molecule has 1 aromatic heterocycles. The Bertz CT molecular complexity index is 390. The van der Waals surface area contributed by atoms with E-state index >= 15 is 0 Å². The Morgan fingerprint density at radius 1 is 1.47 bits per heavy atom. The highest BCUT2D eigenvalue weighted by molar-refractivity contribution is 5.79. The van der Waals surface area contributed by atoms with Gasteiger partial charge in [-0.2, -0.15) is 5.10 Å². The highest BCUT2D eigenvalue weighted by atomic mass is 16.3. The molecular weight excluding hydrogens is 218 g/mol. The topological polar surface area (TPSA) is 69.2 Å². The molecule has 0 saturated carbocycles. The average molecular weight is 235 g/mol. The molecule has 2 aliphatic rings. The predicted octanol–water partition coefficient (Wildman–Crippen LogP) is 0.467. The second-order valence-electron chi connectivity index (χ2n) is 5.07. The smallest absolute Gasteiger partial charge is 0.229 e. The van der Waals surface area contributed by atoms with Crippen molar-refractivity contribution in [2.45, 2.75) is 50.3 Å². The number of H-pyrrole nitrogens is 1. The predicted molar refractivity (Wildman–Crippen MR) is 61.2 cm³/mol. The molecule has 0 aromatic carbocycles. The second kappa shape index (κ2) is 4.14. The molecule has 3 heterocycles. The lowest BCUT2D eigenvalue weighted by molar-refractivity contribution is -0.136. The zero-order chi connectivity index (χ0) is 11.8. The summed E-state index contributed by atoms with van der Waals surface area (Å²) in [6, 6.07) is 2.33. The van der Waals surface area contributed by atoms with E-state index in [0.29, 0.717) is 6.42 Å². The SMILES string of the molecule is O=C(Cc1ccn[nH]1)N1C2CCC1CC(O)C2. The van der Waals surface area contributed by atoms with Crippen molar-refractivity contribution in [3.05, 3.63) is 18.0 Å². The number of carbonyl (C=O) groups is 1. The first-order chi connectivity index (χ1) is 8.24. The van der Waals surface area contributed by atoms with Gasteiger partial charge in [-0.25, -0.2) is 0 Å². The zero-order valence-electron chi connectivity index (χ0n) is 9.67. The van der Waals surface area contributed by atoms with Crippen molar-refractivity contribution in [1.82, 2.24) is 15.1 Å². The summed E-state index contributed by atoms with van der Waals surface area (Å²) < 4.78 is 0. The number of aromatic nitrogens is 2. The summed E-state index contributed by atoms with van der Waals surface area (Å²) in [6.07, 6.45) is 5.40. The van der Waals surface area contributed by atoms with E-state index in [0.717, 1.165) is 31.4 Å². The number of carbonyl (C=O) groups excluding carboxylic acids is 1. The van der Waals surface area contributed by atoms with E-state index < -0.39 is 0 Å². The van der Waals surface area contributed by atoms with E-state index in [9.17, 15) is 9.90 Å². The number of aromatic amines is 1. The maximum atomic E-state index is 12.2. The second-order valence-corrected chi connectivity index (χ2v) is 5.07. The van der Waals surface area contributed by atoms with Crippen molar-refractivity contribution in [2.24, 2.45) is 0 Å². The minimum atomic E-state index is -0.219. The summed E-state index contributed by atoms with van der Waals surface area (Å²) in [5.74, 6) is 0.161. The third-order valence-corrected chi connectivity index (χ3v) is 3.90. The zero-order valence-corrected chi connectivity index (χ0v) is 9.67. The molecule has 1 amide bonds. The lowest BCUT2D eigenvalue weighted by Crippen LogP contribution is -2.48. The Balaban J connectivity index is 1.70. The number of nitrogens with one attached hydrogen (secondary N) is 1. The molecule has 2 unspecified atom stereocenters. The van der Waals surface area contributed by atoms with Crippen LogP contribution in [0.5, 0.6) is 0 Å². The number of rotatable bonds is 2. The Morgan fingerprint density at radius 2 is 2.18 bits per heavy atom. The number of hydrogen-bond acceptors (Lipinski definition) is 3. The average Bonchev–Trinajstić information content (AvgIpc) is 2.86. The molecule has 2 fully saturated rings. The standard InChI is InChI=1S/C12H17N3O2/c16-11-6-9-1-2-10(7-11)15(9)12(17)5-8-3-4-13-14-8/h3-4,9-11,16H,1-2,5-7H2,(H,13,14). The largest absolute Gasteiger partial charge is 0.393 e. The van der Waals surface area contributed by atoms with E-state index in [1.54, 1.807) is 6.20 Å². The van der Waals surface area contributed by atoms with E-state index in [4.69, 9.17) is 0 Å². The first-order valence-electron chi connectivity index (χ1n) is 6.21. The van der Waals surface area contributed by atoms with Crippen molar-refractivity contribution >= 4 is 5.91 Å². The van der Waals surface area contributed by atoms with E-state index in [1.807, 2.05) is 11.0 Å². The molecule has 1 aromatic rings. The Hall–Kier alpha value is -1.36. The Morgan fingerprint density at radius 3 is 2.76 bits per heavy atom. The van der Waals surface area contributed by atoms with Crippen LogP contribution in [0.3, 0.4) is 0 Å². The molecule has 5 nitrogen and oxygen atoms in total. The molecule has 2 N–H and O–H groups in total. The van der Waals surface area contributed by atoms with Gasteiger partial charge in [0.2, 0.25) is 5.91 Å². The molecule has 2 saturated heterocycles. The molecule has 0 radical (unpaired) electrons. The number of hydrogen-bond donors (Lipinski definition) is 2. The van der Waals surface area contributed by atoms with Crippen molar-refractivity contribution in [3.63, 3.8) is 0 Å². The first-order valence-corrected chi connectivity index (χ1v) is 6.21. The summed E-state index contributed by atoms with van der Waals surface area (Å²) >= 11 is 0. The van der Waals surface area contributed by atoms with Crippen LogP contribution in [0.15, 0.2) is 12.3 Å². The first kappa shape index (κ1) is 10.8. The number of amides is 1. The highest BCUT2D eigenvalue weighted by Crippen LogP contribution is 2.35. The van der Waals surface area contributed by atoms with Gasteiger partial charge in [0.15, 0.2) is 0 Å². The summed E-state index contributed by atoms with van der Waals surface area (Å²) in [6.45, 7) is 0. The van der Waals surface area contributed by atoms with Crippen LogP contribution in [-0.4, -0.2) is 44.3 Å². The van der Waals surface area contributed by atoms with Gasteiger partial charge in [0.05, 0.1) is 12.5 Å². The van der Waals surface area contributed by atoms with Gasteiger partial charge >= 0.3 is 0 Å². The Kier molecular flexibility index (Phi) is 2.63. The maximum Gasteiger partial charge on any atom is 0.229 e. The molecule has 0 aliphatic carbocycles. The molecule has 2 bridgehead atoms. The molecule has 2 aliphatic heterocycles. The quantitative estimate of drug-likeness (QED) is 0.782. The molecule has 3 rings (SSSR count). The van der Waals surface area contributed by atoms with Gasteiger partial charge in [0.25, 0.3) is 0 Å². The molecular formula is C12H17N3O2. The summed E-state index contributed by atoms with van der Waals surface area (Å²) in [5.41, 5.74) is 0.862. The van der Waals surface area contributed by atoms with Gasteiger partial charge in [0.1, 0.15) is 0 Å². The van der Waals surface area contributed by atoms with Gasteiger partial charge in [-0.3, -0.25) is 9.89 Å². The van der Waals surface area contributed by atoms with Crippen molar-refractivity contribution in [2.75, 3.05) is 0 Å². The van der Waals surface area contributed by atoms with Crippen LogP contribution >= 0.6 is 0 Å². The lowest BCUT2D eigenvalue weighted by atomic mass is 9.99. The van der Waals surface area contributed by atoms with Crippen molar-refractivity contribution in [3.8, 4) is 0 Å². The fraction of sp³-hybridized carbons (Fsp3) is 0.667. The number of aliphatic hydroxyl groups excluding tert-OH is 1. The fourth-order valence-corrected chi connectivity index (χ4v) is 3.19. The monoisotopic (exact) mass is 235 g/mol. The minimum Gasteiger partial charge on any atom is -0.393 e. The molecule has 17 heavy (non-hydrogen) atoms. The molecule has 92 valence electrons. The van der Waals surface area contributed by atoms with Crippen LogP contribution in [0.2, 0.25) is 0 Å². The maximum absolute atomic E-state index is 12.2. The van der Waals surface area contributed by atoms with Crippen molar-refractivity contribution in [1.29, 1.82) is 0 Å². The minimum absolute atomic E-state index is 0.161. The number of piperidine rings is 1. The molecule has 0 spiro atoms. The molecule has 5 heteroatoms. The number of aliphatic hydroxyl groups is 1. The van der Waals surface area contributed by atoms with E-state index in [1.165, 1.54) is 0 Å². The third-order valence-electron chi connectivity index (χ3n) is 3.90. The third kappa shape index (κ3) is 1.95. The normalized spacial score (nSPS) is 31.8. The van der Waals surface area contributed by atoms with E-state index in [-0.39, 0.29) is 24.1 Å². The Labute approximate surface area is 99.8 Å². The van der Waals surface area contributed by atoms with Crippen molar-refractivity contribution < 1.29 is 9.90 Å². The number of nitrogens with zero attached hydrogens (tertiary/aromatic N) is 2. The van der Waals surface area contributed by atoms with Crippen LogP contribution in [0.4, 0.5) is 0 Å². The van der Waals surface area contributed by atoms with E-state index in [2.05, 4.69) is 10.2 Å². The summed E-state index contributed by atoms with van der Waals surface area (Å²) in [5, 5.41) is 16.4. The van der Waals surface area contributed by atoms with Gasteiger partial charge < -0.3 is 10.0 Å². The van der Waals surface area contributed by atoms with Crippen LogP contribution in [-0.2, 0) is 11.2 Å². The van der Waals surface area contributed by atoms with Gasteiger partial charge in [0, 0.05) is 24.0 Å². The van der Waals surface area contributed by atoms with Crippen LogP contribution in [0, 0.1) is 0 Å².